The molecule has 4 heteroatoms. The number of nitrogens with two attached hydrogens (primary N) is 1. The molecule has 2 atom stereocenters. The van der Waals surface area contributed by atoms with Gasteiger partial charge in [0.2, 0.25) is 0 Å². The Bertz CT molecular complexity index is 657. The van der Waals surface area contributed by atoms with Crippen molar-refractivity contribution in [2.45, 2.75) is 19.1 Å². The number of ether oxygens (including phenoxy) is 1. The average Bonchev–Trinajstić information content (AvgIpc) is 2.55. The predicted molar refractivity (Wildman–Crippen MR) is 86.5 cm³/mol. The van der Waals surface area contributed by atoms with E-state index in [1.807, 2.05) is 54.3 Å². The first-order valence-electron chi connectivity index (χ1n) is 7.49. The highest BCUT2D eigenvalue weighted by Crippen LogP contribution is 2.26. The summed E-state index contributed by atoms with van der Waals surface area (Å²) in [5.41, 5.74) is 8.10. The number of para-hydroxylation sites is 1. The van der Waals surface area contributed by atoms with Crippen molar-refractivity contribution < 1.29 is 9.53 Å². The lowest BCUT2D eigenvalue weighted by molar-refractivity contribution is -0.0691. The number of hydrogen-bond donors (Lipinski definition) is 1. The maximum atomic E-state index is 12.7. The van der Waals surface area contributed by atoms with Gasteiger partial charge in [-0.3, -0.25) is 4.79 Å². The largest absolute Gasteiger partial charge is 0.398 e. The van der Waals surface area contributed by atoms with E-state index in [2.05, 4.69) is 0 Å². The summed E-state index contributed by atoms with van der Waals surface area (Å²) in [6, 6.07) is 17.2. The number of nitrogen functional groups attached to an aromatic ring is 1. The van der Waals surface area contributed by atoms with Crippen LogP contribution in [0.15, 0.2) is 54.6 Å². The van der Waals surface area contributed by atoms with Crippen LogP contribution >= 0.6 is 0 Å². The Labute approximate surface area is 130 Å². The van der Waals surface area contributed by atoms with Crippen molar-refractivity contribution >= 4 is 11.6 Å². The third kappa shape index (κ3) is 2.97. The van der Waals surface area contributed by atoms with Gasteiger partial charge in [0, 0.05) is 12.2 Å². The summed E-state index contributed by atoms with van der Waals surface area (Å²) in [4.78, 5) is 14.6. The van der Waals surface area contributed by atoms with E-state index in [1.54, 1.807) is 12.1 Å². The normalized spacial score (nSPS) is 21.6. The number of carbonyl (C=O) groups is 1. The molecule has 3 rings (SSSR count). The van der Waals surface area contributed by atoms with Crippen LogP contribution in [0.4, 0.5) is 5.69 Å². The van der Waals surface area contributed by atoms with Crippen molar-refractivity contribution in [3.8, 4) is 0 Å². The van der Waals surface area contributed by atoms with Gasteiger partial charge in [0.1, 0.15) is 6.10 Å². The lowest BCUT2D eigenvalue weighted by atomic mass is 10.1. The Morgan fingerprint density at radius 3 is 2.50 bits per heavy atom. The summed E-state index contributed by atoms with van der Waals surface area (Å²) in [7, 11) is 0. The number of rotatable bonds is 2. The summed E-state index contributed by atoms with van der Waals surface area (Å²) in [5, 5.41) is 0. The van der Waals surface area contributed by atoms with Crippen molar-refractivity contribution in [1.29, 1.82) is 0 Å². The third-order valence-electron chi connectivity index (χ3n) is 3.91. The van der Waals surface area contributed by atoms with Gasteiger partial charge < -0.3 is 15.4 Å². The molecule has 1 amide bonds. The van der Waals surface area contributed by atoms with E-state index in [9.17, 15) is 4.79 Å². The molecule has 22 heavy (non-hydrogen) atoms. The molecule has 0 saturated carbocycles. The lowest BCUT2D eigenvalue weighted by Crippen LogP contribution is -2.46. The van der Waals surface area contributed by atoms with Gasteiger partial charge in [-0.25, -0.2) is 0 Å². The van der Waals surface area contributed by atoms with E-state index in [1.165, 1.54) is 0 Å². The highest BCUT2D eigenvalue weighted by molar-refractivity contribution is 5.99. The van der Waals surface area contributed by atoms with E-state index >= 15 is 0 Å². The van der Waals surface area contributed by atoms with Crippen LogP contribution in [0.3, 0.4) is 0 Å². The number of hydrogen-bond acceptors (Lipinski definition) is 3. The fourth-order valence-electron chi connectivity index (χ4n) is 2.83. The van der Waals surface area contributed by atoms with Crippen LogP contribution in [0.25, 0.3) is 0 Å². The van der Waals surface area contributed by atoms with Gasteiger partial charge in [0.05, 0.1) is 18.2 Å². The SMILES string of the molecule is CC1CN(C(=O)c2ccccc2N)CC(c2ccccc2)O1. The van der Waals surface area contributed by atoms with E-state index < -0.39 is 0 Å². The maximum absolute atomic E-state index is 12.7. The second-order valence-electron chi connectivity index (χ2n) is 5.64. The van der Waals surface area contributed by atoms with Gasteiger partial charge in [-0.15, -0.1) is 0 Å². The molecule has 1 aliphatic heterocycles. The molecule has 1 fully saturated rings. The molecule has 2 N–H and O–H groups in total. The molecular formula is C18H20N2O2. The molecule has 0 aliphatic carbocycles. The zero-order valence-corrected chi connectivity index (χ0v) is 12.6. The number of anilines is 1. The molecule has 0 bridgehead atoms. The number of amides is 1. The lowest BCUT2D eigenvalue weighted by Gasteiger charge is -2.37. The van der Waals surface area contributed by atoms with Crippen molar-refractivity contribution in [2.75, 3.05) is 18.8 Å². The highest BCUT2D eigenvalue weighted by atomic mass is 16.5. The van der Waals surface area contributed by atoms with Crippen LogP contribution in [0.1, 0.15) is 28.9 Å². The molecular weight excluding hydrogens is 276 g/mol. The van der Waals surface area contributed by atoms with Crippen molar-refractivity contribution in [3.05, 3.63) is 65.7 Å². The fourth-order valence-corrected chi connectivity index (χ4v) is 2.83. The van der Waals surface area contributed by atoms with Crippen LogP contribution < -0.4 is 5.73 Å². The second-order valence-corrected chi connectivity index (χ2v) is 5.64. The molecule has 114 valence electrons. The smallest absolute Gasteiger partial charge is 0.256 e. The monoisotopic (exact) mass is 296 g/mol. The molecule has 2 unspecified atom stereocenters. The van der Waals surface area contributed by atoms with Crippen LogP contribution in [-0.4, -0.2) is 30.0 Å². The Morgan fingerprint density at radius 1 is 1.09 bits per heavy atom. The minimum absolute atomic E-state index is 0.00663. The molecule has 2 aromatic rings. The Morgan fingerprint density at radius 2 is 1.77 bits per heavy atom. The standard InChI is InChI=1S/C18H20N2O2/c1-13-11-20(18(21)15-9-5-6-10-16(15)19)12-17(22-13)14-7-3-2-4-8-14/h2-10,13,17H,11-12,19H2,1H3. The van der Waals surface area contributed by atoms with Gasteiger partial charge in [0.25, 0.3) is 5.91 Å². The zero-order valence-electron chi connectivity index (χ0n) is 12.6. The first kappa shape index (κ1) is 14.6. The summed E-state index contributed by atoms with van der Waals surface area (Å²) < 4.78 is 5.99. The molecule has 0 spiro atoms. The maximum Gasteiger partial charge on any atom is 0.256 e. The topological polar surface area (TPSA) is 55.6 Å². The van der Waals surface area contributed by atoms with Crippen molar-refractivity contribution in [2.24, 2.45) is 0 Å². The Kier molecular flexibility index (Phi) is 4.11. The van der Waals surface area contributed by atoms with Crippen LogP contribution in [0.2, 0.25) is 0 Å². The number of carbonyl (C=O) groups excluding carboxylic acids is 1. The minimum atomic E-state index is -0.0983. The fraction of sp³-hybridized carbons (Fsp3) is 0.278. The molecule has 1 heterocycles. The summed E-state index contributed by atoms with van der Waals surface area (Å²) in [6.07, 6.45) is -0.105. The summed E-state index contributed by atoms with van der Waals surface area (Å²) in [5.74, 6) is -0.0332. The Balaban J connectivity index is 1.82. The average molecular weight is 296 g/mol. The van der Waals surface area contributed by atoms with Gasteiger partial charge in [-0.1, -0.05) is 42.5 Å². The first-order valence-corrected chi connectivity index (χ1v) is 7.49. The van der Waals surface area contributed by atoms with Gasteiger partial charge in [0.15, 0.2) is 0 Å². The number of morpholine rings is 1. The number of nitrogens with zero attached hydrogens (tertiary/aromatic N) is 1. The van der Waals surface area contributed by atoms with Gasteiger partial charge in [-0.05, 0) is 24.6 Å². The molecule has 2 aromatic carbocycles. The summed E-state index contributed by atoms with van der Waals surface area (Å²) in [6.45, 7) is 3.11. The predicted octanol–water partition coefficient (Wildman–Crippen LogP) is 2.87. The van der Waals surface area contributed by atoms with Crippen molar-refractivity contribution in [3.63, 3.8) is 0 Å². The molecule has 4 nitrogen and oxygen atoms in total. The van der Waals surface area contributed by atoms with Crippen molar-refractivity contribution in [1.82, 2.24) is 4.90 Å². The van der Waals surface area contributed by atoms with E-state index in [4.69, 9.17) is 10.5 Å². The molecule has 1 aliphatic rings. The molecule has 1 saturated heterocycles. The van der Waals surface area contributed by atoms with Crippen LogP contribution in [-0.2, 0) is 4.74 Å². The van der Waals surface area contributed by atoms with Gasteiger partial charge in [-0.2, -0.15) is 0 Å². The molecule has 0 radical (unpaired) electrons. The minimum Gasteiger partial charge on any atom is -0.398 e. The first-order chi connectivity index (χ1) is 10.6. The van der Waals surface area contributed by atoms with Crippen LogP contribution in [0, 0.1) is 0 Å². The van der Waals surface area contributed by atoms with E-state index in [0.717, 1.165) is 5.56 Å². The second kappa shape index (κ2) is 6.20. The summed E-state index contributed by atoms with van der Waals surface area (Å²) >= 11 is 0. The van der Waals surface area contributed by atoms with E-state index in [-0.39, 0.29) is 18.1 Å². The third-order valence-corrected chi connectivity index (χ3v) is 3.91. The molecule has 0 aromatic heterocycles. The zero-order chi connectivity index (χ0) is 15.5. The van der Waals surface area contributed by atoms with E-state index in [0.29, 0.717) is 24.3 Å². The Hall–Kier alpha value is -2.33. The van der Waals surface area contributed by atoms with Crippen LogP contribution in [0.5, 0.6) is 0 Å². The van der Waals surface area contributed by atoms with Gasteiger partial charge >= 0.3 is 0 Å². The highest BCUT2D eigenvalue weighted by Gasteiger charge is 2.30. The number of benzene rings is 2. The quantitative estimate of drug-likeness (QED) is 0.867.